The summed E-state index contributed by atoms with van der Waals surface area (Å²) in [5.41, 5.74) is 1.82. The summed E-state index contributed by atoms with van der Waals surface area (Å²) in [7, 11) is -1.07. The lowest BCUT2D eigenvalue weighted by Gasteiger charge is -2.04. The Morgan fingerprint density at radius 2 is 1.70 bits per heavy atom. The van der Waals surface area contributed by atoms with Gasteiger partial charge in [0.05, 0.1) is 17.2 Å². The van der Waals surface area contributed by atoms with Gasteiger partial charge < -0.3 is 5.11 Å². The van der Waals surface area contributed by atoms with E-state index in [1.807, 2.05) is 12.1 Å². The zero-order chi connectivity index (χ0) is 14.4. The lowest BCUT2D eigenvalue weighted by Crippen LogP contribution is -2.03. The van der Waals surface area contributed by atoms with Crippen LogP contribution in [-0.2, 0) is 28.4 Å². The van der Waals surface area contributed by atoms with Gasteiger partial charge in [0.15, 0.2) is 0 Å². The smallest absolute Gasteiger partial charge is 0.307 e. The number of hydrogen-bond donors (Lipinski definition) is 1. The van der Waals surface area contributed by atoms with Crippen molar-refractivity contribution in [1.29, 1.82) is 0 Å². The molecule has 0 aliphatic heterocycles. The van der Waals surface area contributed by atoms with Gasteiger partial charge >= 0.3 is 5.97 Å². The van der Waals surface area contributed by atoms with Gasteiger partial charge in [0.2, 0.25) is 0 Å². The van der Waals surface area contributed by atoms with Crippen LogP contribution in [0, 0.1) is 0 Å². The molecule has 0 fully saturated rings. The van der Waals surface area contributed by atoms with Gasteiger partial charge in [-0.1, -0.05) is 12.1 Å². The second-order valence-corrected chi connectivity index (χ2v) is 5.94. The molecule has 2 aromatic rings. The van der Waals surface area contributed by atoms with Gasteiger partial charge in [0.1, 0.15) is 0 Å². The highest BCUT2D eigenvalue weighted by molar-refractivity contribution is 7.85. The molecule has 0 amide bonds. The Labute approximate surface area is 119 Å². The average molecular weight is 289 g/mol. The first-order valence-electron chi connectivity index (χ1n) is 6.23. The van der Waals surface area contributed by atoms with E-state index in [1.165, 1.54) is 0 Å². The maximum Gasteiger partial charge on any atom is 0.307 e. The van der Waals surface area contributed by atoms with Gasteiger partial charge in [-0.25, -0.2) is 0 Å². The largest absolute Gasteiger partial charge is 0.481 e. The molecule has 1 atom stereocenters. The van der Waals surface area contributed by atoms with Crippen LogP contribution in [0.25, 0.3) is 0 Å². The van der Waals surface area contributed by atoms with E-state index in [0.717, 1.165) is 16.9 Å². The Morgan fingerprint density at radius 3 is 2.30 bits per heavy atom. The number of aromatic nitrogens is 1. The Bertz CT molecular complexity index is 596. The summed E-state index contributed by atoms with van der Waals surface area (Å²) >= 11 is 0. The molecule has 0 saturated heterocycles. The van der Waals surface area contributed by atoms with Gasteiger partial charge in [-0.15, -0.1) is 0 Å². The van der Waals surface area contributed by atoms with Crippen molar-refractivity contribution in [2.24, 2.45) is 0 Å². The summed E-state index contributed by atoms with van der Waals surface area (Å²) in [5.74, 6) is -0.320. The highest BCUT2D eigenvalue weighted by atomic mass is 32.2. The van der Waals surface area contributed by atoms with Gasteiger partial charge in [-0.3, -0.25) is 14.0 Å². The van der Waals surface area contributed by atoms with Gasteiger partial charge in [0.25, 0.3) is 0 Å². The molecular weight excluding hydrogens is 274 g/mol. The number of pyridine rings is 1. The Hall–Kier alpha value is -2.01. The number of aryl methyl sites for hydroxylation is 1. The molecule has 5 heteroatoms. The molecule has 2 rings (SSSR count). The standard InChI is InChI=1S/C15H15NO3S/c17-15(18)11-13-1-3-14(4-2-13)20(19)10-7-12-5-8-16-9-6-12/h1-6,8-9H,7,10-11H2,(H,17,18). The molecule has 0 bridgehead atoms. The fourth-order valence-electron chi connectivity index (χ4n) is 1.81. The van der Waals surface area contributed by atoms with E-state index in [2.05, 4.69) is 4.98 Å². The number of nitrogens with zero attached hydrogens (tertiary/aromatic N) is 1. The number of aliphatic carboxylic acids is 1. The third kappa shape index (κ3) is 4.28. The van der Waals surface area contributed by atoms with Crippen molar-refractivity contribution in [1.82, 2.24) is 4.98 Å². The molecule has 4 nitrogen and oxygen atoms in total. The van der Waals surface area contributed by atoms with Crippen molar-refractivity contribution >= 4 is 16.8 Å². The number of hydrogen-bond acceptors (Lipinski definition) is 3. The minimum Gasteiger partial charge on any atom is -0.481 e. The van der Waals surface area contributed by atoms with E-state index >= 15 is 0 Å². The summed E-state index contributed by atoms with van der Waals surface area (Å²) in [6.45, 7) is 0. The number of rotatable bonds is 6. The Kier molecular flexibility index (Phi) is 5.01. The number of benzene rings is 1. The van der Waals surface area contributed by atoms with E-state index in [-0.39, 0.29) is 6.42 Å². The summed E-state index contributed by atoms with van der Waals surface area (Å²) in [6, 6.07) is 10.7. The fraction of sp³-hybridized carbons (Fsp3) is 0.200. The normalized spacial score (nSPS) is 12.0. The van der Waals surface area contributed by atoms with Crippen LogP contribution in [0.2, 0.25) is 0 Å². The van der Waals surface area contributed by atoms with Crippen molar-refractivity contribution in [3.63, 3.8) is 0 Å². The molecule has 1 aromatic heterocycles. The Balaban J connectivity index is 1.94. The van der Waals surface area contributed by atoms with Crippen molar-refractivity contribution in [2.45, 2.75) is 17.7 Å². The van der Waals surface area contributed by atoms with Crippen molar-refractivity contribution in [2.75, 3.05) is 5.75 Å². The first kappa shape index (κ1) is 14.4. The molecule has 1 unspecified atom stereocenters. The summed E-state index contributed by atoms with van der Waals surface area (Å²) < 4.78 is 12.1. The summed E-state index contributed by atoms with van der Waals surface area (Å²) in [5, 5.41) is 8.69. The van der Waals surface area contributed by atoms with Crippen LogP contribution in [0.4, 0.5) is 0 Å². The maximum atomic E-state index is 12.1. The number of carboxylic acids is 1. The molecule has 0 radical (unpaired) electrons. The van der Waals surface area contributed by atoms with Crippen LogP contribution in [0.5, 0.6) is 0 Å². The van der Waals surface area contributed by atoms with Crippen LogP contribution >= 0.6 is 0 Å². The maximum absolute atomic E-state index is 12.1. The topological polar surface area (TPSA) is 67.3 Å². The minimum atomic E-state index is -1.07. The van der Waals surface area contributed by atoms with Crippen LogP contribution in [0.15, 0.2) is 53.7 Å². The van der Waals surface area contributed by atoms with E-state index in [0.29, 0.717) is 11.3 Å². The molecular formula is C15H15NO3S. The third-order valence-electron chi connectivity index (χ3n) is 2.87. The van der Waals surface area contributed by atoms with Crippen LogP contribution in [0.3, 0.4) is 0 Å². The van der Waals surface area contributed by atoms with Gasteiger partial charge in [-0.2, -0.15) is 0 Å². The second-order valence-electron chi connectivity index (χ2n) is 4.37. The first-order chi connectivity index (χ1) is 9.65. The molecule has 1 aromatic carbocycles. The first-order valence-corrected chi connectivity index (χ1v) is 7.55. The van der Waals surface area contributed by atoms with Crippen LogP contribution in [-0.4, -0.2) is 26.0 Å². The zero-order valence-electron chi connectivity index (χ0n) is 10.9. The molecule has 20 heavy (non-hydrogen) atoms. The minimum absolute atomic E-state index is 0.00999. The third-order valence-corrected chi connectivity index (χ3v) is 4.24. The van der Waals surface area contributed by atoms with Crippen molar-refractivity contribution in [3.05, 3.63) is 59.9 Å². The lowest BCUT2D eigenvalue weighted by atomic mass is 10.2. The molecule has 0 aliphatic rings. The van der Waals surface area contributed by atoms with Crippen LogP contribution in [0.1, 0.15) is 11.1 Å². The van der Waals surface area contributed by atoms with E-state index in [9.17, 15) is 9.00 Å². The molecule has 0 aliphatic carbocycles. The fourth-order valence-corrected chi connectivity index (χ4v) is 2.91. The van der Waals surface area contributed by atoms with E-state index in [4.69, 9.17) is 5.11 Å². The molecule has 1 N–H and O–H groups in total. The van der Waals surface area contributed by atoms with E-state index in [1.54, 1.807) is 36.7 Å². The van der Waals surface area contributed by atoms with Crippen LogP contribution < -0.4 is 0 Å². The number of carboxylic acid groups (broad SMARTS) is 1. The molecule has 0 saturated carbocycles. The summed E-state index contributed by atoms with van der Waals surface area (Å²) in [4.78, 5) is 15.3. The zero-order valence-corrected chi connectivity index (χ0v) is 11.7. The monoisotopic (exact) mass is 289 g/mol. The highest BCUT2D eigenvalue weighted by Crippen LogP contribution is 2.11. The average Bonchev–Trinajstić information content (AvgIpc) is 2.46. The molecule has 1 heterocycles. The number of carbonyl (C=O) groups is 1. The quantitative estimate of drug-likeness (QED) is 0.884. The predicted octanol–water partition coefficient (Wildman–Crippen LogP) is 2.06. The lowest BCUT2D eigenvalue weighted by molar-refractivity contribution is -0.136. The van der Waals surface area contributed by atoms with E-state index < -0.39 is 16.8 Å². The molecule has 104 valence electrons. The Morgan fingerprint density at radius 1 is 1.05 bits per heavy atom. The predicted molar refractivity (Wildman–Crippen MR) is 77.0 cm³/mol. The SMILES string of the molecule is O=C(O)Cc1ccc(S(=O)CCc2ccncc2)cc1. The molecule has 0 spiro atoms. The highest BCUT2D eigenvalue weighted by Gasteiger charge is 2.06. The summed E-state index contributed by atoms with van der Waals surface area (Å²) in [6.07, 6.45) is 4.16. The second kappa shape index (κ2) is 6.96. The van der Waals surface area contributed by atoms with Crippen molar-refractivity contribution < 1.29 is 14.1 Å². The van der Waals surface area contributed by atoms with Gasteiger partial charge in [0, 0.05) is 23.0 Å². The van der Waals surface area contributed by atoms with Gasteiger partial charge in [-0.05, 0) is 41.8 Å². The van der Waals surface area contributed by atoms with Crippen molar-refractivity contribution in [3.8, 4) is 0 Å².